The minimum Gasteiger partial charge on any atom is -0.368 e. The van der Waals surface area contributed by atoms with Gasteiger partial charge in [0, 0.05) is 5.41 Å². The van der Waals surface area contributed by atoms with Crippen molar-refractivity contribution in [2.75, 3.05) is 5.73 Å². The number of H-pyrrole nitrogens is 1. The number of aromatic nitrogens is 3. The molecule has 0 saturated heterocycles. The summed E-state index contributed by atoms with van der Waals surface area (Å²) in [7, 11) is 0. The second kappa shape index (κ2) is 4.47. The van der Waals surface area contributed by atoms with Gasteiger partial charge < -0.3 is 5.73 Å². The number of nitrogen functional groups attached to an aromatic ring is 1. The highest BCUT2D eigenvalue weighted by Crippen LogP contribution is 2.43. The van der Waals surface area contributed by atoms with E-state index in [1.54, 1.807) is 0 Å². The second-order valence-corrected chi connectivity index (χ2v) is 5.45. The number of hydrogen-bond donors (Lipinski definition) is 2. The van der Waals surface area contributed by atoms with Crippen LogP contribution in [-0.4, -0.2) is 15.0 Å². The Bertz CT molecular complexity index is 446. The van der Waals surface area contributed by atoms with E-state index in [0.717, 1.165) is 25.1 Å². The van der Waals surface area contributed by atoms with E-state index in [2.05, 4.69) is 28.8 Å². The molecule has 0 aliphatic heterocycles. The van der Waals surface area contributed by atoms with E-state index < -0.39 is 0 Å². The van der Waals surface area contributed by atoms with Gasteiger partial charge in [0.15, 0.2) is 0 Å². The van der Waals surface area contributed by atoms with Crippen LogP contribution >= 0.6 is 0 Å². The van der Waals surface area contributed by atoms with E-state index >= 15 is 0 Å². The van der Waals surface area contributed by atoms with Crippen molar-refractivity contribution >= 4 is 5.95 Å². The van der Waals surface area contributed by atoms with Gasteiger partial charge in [-0.3, -0.25) is 4.98 Å². The lowest BCUT2D eigenvalue weighted by Gasteiger charge is -2.29. The molecule has 0 unspecified atom stereocenters. The van der Waals surface area contributed by atoms with E-state index in [-0.39, 0.29) is 17.1 Å². The molecule has 1 aliphatic rings. The van der Waals surface area contributed by atoms with Gasteiger partial charge in [0.1, 0.15) is 5.82 Å². The predicted octanol–water partition coefficient (Wildman–Crippen LogP) is 1.60. The number of anilines is 1. The average molecular weight is 236 g/mol. The molecule has 1 aliphatic carbocycles. The zero-order valence-electron chi connectivity index (χ0n) is 10.5. The largest absolute Gasteiger partial charge is 0.368 e. The minimum atomic E-state index is -0.387. The molecule has 94 valence electrons. The summed E-state index contributed by atoms with van der Waals surface area (Å²) in [6.07, 6.45) is 5.59. The molecular weight excluding hydrogens is 216 g/mol. The third kappa shape index (κ3) is 2.48. The van der Waals surface area contributed by atoms with Crippen molar-refractivity contribution in [1.29, 1.82) is 0 Å². The molecule has 0 spiro atoms. The number of nitrogens with two attached hydrogens (primary N) is 1. The molecule has 0 atom stereocenters. The van der Waals surface area contributed by atoms with E-state index in [0.29, 0.717) is 5.92 Å². The first-order valence-corrected chi connectivity index (χ1v) is 6.26. The molecule has 0 amide bonds. The summed E-state index contributed by atoms with van der Waals surface area (Å²) in [6, 6.07) is 0. The van der Waals surface area contributed by atoms with Gasteiger partial charge in [0.05, 0.1) is 0 Å². The maximum Gasteiger partial charge on any atom is 0.349 e. The molecule has 3 N–H and O–H groups in total. The fraction of sp³-hybridized carbons (Fsp3) is 0.750. The molecule has 1 fully saturated rings. The number of rotatable bonds is 3. The monoisotopic (exact) mass is 236 g/mol. The molecule has 0 aromatic carbocycles. The Kier molecular flexibility index (Phi) is 3.17. The molecule has 5 nitrogen and oxygen atoms in total. The summed E-state index contributed by atoms with van der Waals surface area (Å²) in [4.78, 5) is 22.0. The van der Waals surface area contributed by atoms with Gasteiger partial charge in [-0.15, -0.1) is 0 Å². The van der Waals surface area contributed by atoms with Gasteiger partial charge in [-0.2, -0.15) is 9.97 Å². The van der Waals surface area contributed by atoms with Gasteiger partial charge in [-0.1, -0.05) is 26.7 Å². The first-order valence-electron chi connectivity index (χ1n) is 6.26. The molecule has 2 rings (SSSR count). The first kappa shape index (κ1) is 12.1. The van der Waals surface area contributed by atoms with Crippen LogP contribution in [0.5, 0.6) is 0 Å². The smallest absolute Gasteiger partial charge is 0.349 e. The Morgan fingerprint density at radius 2 is 2.00 bits per heavy atom. The van der Waals surface area contributed by atoms with Crippen molar-refractivity contribution in [1.82, 2.24) is 15.0 Å². The minimum absolute atomic E-state index is 0.00435. The van der Waals surface area contributed by atoms with Crippen LogP contribution in [0.1, 0.15) is 51.8 Å². The Hall–Kier alpha value is -1.39. The number of hydrogen-bond acceptors (Lipinski definition) is 4. The molecule has 1 saturated carbocycles. The topological polar surface area (TPSA) is 84.7 Å². The van der Waals surface area contributed by atoms with E-state index in [1.165, 1.54) is 12.8 Å². The van der Waals surface area contributed by atoms with Gasteiger partial charge >= 0.3 is 5.69 Å². The third-order valence-electron chi connectivity index (χ3n) is 3.53. The summed E-state index contributed by atoms with van der Waals surface area (Å²) < 4.78 is 0. The van der Waals surface area contributed by atoms with Crippen LogP contribution in [0.4, 0.5) is 5.95 Å². The highest BCUT2D eigenvalue weighted by Gasteiger charge is 2.38. The van der Waals surface area contributed by atoms with Crippen LogP contribution in [0.25, 0.3) is 0 Å². The van der Waals surface area contributed by atoms with Crippen molar-refractivity contribution in [2.45, 2.75) is 51.4 Å². The Balaban J connectivity index is 2.41. The molecular formula is C12H20N4O. The maximum absolute atomic E-state index is 11.4. The number of nitrogens with one attached hydrogen (secondary N) is 1. The summed E-state index contributed by atoms with van der Waals surface area (Å²) >= 11 is 0. The molecule has 0 radical (unpaired) electrons. The lowest BCUT2D eigenvalue weighted by molar-refractivity contribution is 0.327. The number of nitrogens with zero attached hydrogens (tertiary/aromatic N) is 2. The summed E-state index contributed by atoms with van der Waals surface area (Å²) in [5.74, 6) is 1.40. The molecule has 0 bridgehead atoms. The Morgan fingerprint density at radius 3 is 2.53 bits per heavy atom. The lowest BCUT2D eigenvalue weighted by Crippen LogP contribution is -2.31. The van der Waals surface area contributed by atoms with Crippen molar-refractivity contribution in [3.05, 3.63) is 16.3 Å². The van der Waals surface area contributed by atoms with Crippen LogP contribution in [0.2, 0.25) is 0 Å². The standard InChI is InChI=1S/C12H20N4O/c1-8(2)7-12(5-3-4-6-12)9-14-10(13)16-11(17)15-9/h8H,3-7H2,1-2H3,(H3,13,14,15,16,17). The van der Waals surface area contributed by atoms with Crippen molar-refractivity contribution < 1.29 is 0 Å². The highest BCUT2D eigenvalue weighted by atomic mass is 16.1. The highest BCUT2D eigenvalue weighted by molar-refractivity contribution is 5.19. The number of aromatic amines is 1. The van der Waals surface area contributed by atoms with Crippen LogP contribution in [0.15, 0.2) is 4.79 Å². The fourth-order valence-electron chi connectivity index (χ4n) is 3.02. The summed E-state index contributed by atoms with van der Waals surface area (Å²) in [5, 5.41) is 0. The SMILES string of the molecule is CC(C)CC1(c2nc(N)nc(=O)[nH]2)CCCC1. The fourth-order valence-corrected chi connectivity index (χ4v) is 3.02. The van der Waals surface area contributed by atoms with Crippen LogP contribution in [0, 0.1) is 5.92 Å². The second-order valence-electron chi connectivity index (χ2n) is 5.45. The maximum atomic E-state index is 11.4. The Labute approximate surface area is 101 Å². The van der Waals surface area contributed by atoms with Crippen molar-refractivity contribution in [3.8, 4) is 0 Å². The van der Waals surface area contributed by atoms with E-state index in [1.807, 2.05) is 0 Å². The molecule has 1 aromatic heterocycles. The zero-order valence-corrected chi connectivity index (χ0v) is 10.5. The molecule has 1 heterocycles. The van der Waals surface area contributed by atoms with Crippen molar-refractivity contribution in [2.24, 2.45) is 5.92 Å². The third-order valence-corrected chi connectivity index (χ3v) is 3.53. The van der Waals surface area contributed by atoms with Crippen LogP contribution in [0.3, 0.4) is 0 Å². The lowest BCUT2D eigenvalue weighted by atomic mass is 9.78. The van der Waals surface area contributed by atoms with Crippen LogP contribution in [-0.2, 0) is 5.41 Å². The zero-order chi connectivity index (χ0) is 12.5. The van der Waals surface area contributed by atoms with Gasteiger partial charge in [-0.25, -0.2) is 4.79 Å². The molecule has 5 heteroatoms. The van der Waals surface area contributed by atoms with Gasteiger partial charge in [0.25, 0.3) is 0 Å². The average Bonchev–Trinajstić information content (AvgIpc) is 2.65. The van der Waals surface area contributed by atoms with Gasteiger partial charge in [0.2, 0.25) is 5.95 Å². The van der Waals surface area contributed by atoms with E-state index in [9.17, 15) is 4.79 Å². The quantitative estimate of drug-likeness (QED) is 0.834. The van der Waals surface area contributed by atoms with E-state index in [4.69, 9.17) is 5.73 Å². The molecule has 1 aromatic rings. The van der Waals surface area contributed by atoms with Gasteiger partial charge in [-0.05, 0) is 25.2 Å². The normalized spacial score (nSPS) is 18.8. The first-order chi connectivity index (χ1) is 8.02. The van der Waals surface area contributed by atoms with Crippen molar-refractivity contribution in [3.63, 3.8) is 0 Å². The summed E-state index contributed by atoms with van der Waals surface area (Å²) in [6.45, 7) is 4.39. The Morgan fingerprint density at radius 1 is 1.35 bits per heavy atom. The van der Waals surface area contributed by atoms with Crippen LogP contribution < -0.4 is 11.4 Å². The summed E-state index contributed by atoms with van der Waals surface area (Å²) in [5.41, 5.74) is 5.19. The molecule has 17 heavy (non-hydrogen) atoms. The predicted molar refractivity (Wildman–Crippen MR) is 66.7 cm³/mol.